The number of amides is 2. The van der Waals surface area contributed by atoms with Gasteiger partial charge in [-0.25, -0.2) is 9.78 Å². The highest BCUT2D eigenvalue weighted by Crippen LogP contribution is 2.31. The van der Waals surface area contributed by atoms with E-state index in [0.29, 0.717) is 19.7 Å². The molecule has 3 heterocycles. The molecule has 2 amide bonds. The standard InChI is InChI=1S/C17H26N4O2/c1-14(2)19-16(22)21-10-11-23-17(13-21)7-5-9-20(12-17)15-6-3-4-8-18-15/h3-4,6,8,14H,5,7,9-13H2,1-2H3,(H,19,22). The molecule has 6 nitrogen and oxygen atoms in total. The highest BCUT2D eigenvalue weighted by molar-refractivity contribution is 5.74. The molecule has 6 heteroatoms. The van der Waals surface area contributed by atoms with Crippen molar-refractivity contribution >= 4 is 11.8 Å². The molecule has 0 bridgehead atoms. The molecular weight excluding hydrogens is 292 g/mol. The molecule has 23 heavy (non-hydrogen) atoms. The number of ether oxygens (including phenoxy) is 1. The molecule has 0 saturated carbocycles. The van der Waals surface area contributed by atoms with Crippen molar-refractivity contribution in [3.8, 4) is 0 Å². The summed E-state index contributed by atoms with van der Waals surface area (Å²) in [4.78, 5) is 20.9. The van der Waals surface area contributed by atoms with E-state index in [-0.39, 0.29) is 17.7 Å². The smallest absolute Gasteiger partial charge is 0.317 e. The molecule has 1 aromatic rings. The highest BCUT2D eigenvalue weighted by atomic mass is 16.5. The summed E-state index contributed by atoms with van der Waals surface area (Å²) >= 11 is 0. The monoisotopic (exact) mass is 318 g/mol. The molecule has 1 N–H and O–H groups in total. The molecule has 0 radical (unpaired) electrons. The van der Waals surface area contributed by atoms with Crippen LogP contribution in [0.15, 0.2) is 24.4 Å². The molecule has 3 rings (SSSR count). The lowest BCUT2D eigenvalue weighted by Crippen LogP contribution is -2.62. The van der Waals surface area contributed by atoms with Crippen LogP contribution in [0, 0.1) is 0 Å². The Bertz CT molecular complexity index is 533. The van der Waals surface area contributed by atoms with Crippen LogP contribution in [-0.2, 0) is 4.74 Å². The molecular formula is C17H26N4O2. The molecule has 2 aliphatic rings. The van der Waals surface area contributed by atoms with Crippen LogP contribution in [0.4, 0.5) is 10.6 Å². The minimum absolute atomic E-state index is 0.0117. The van der Waals surface area contributed by atoms with E-state index in [1.54, 1.807) is 0 Å². The van der Waals surface area contributed by atoms with Gasteiger partial charge in [0.2, 0.25) is 0 Å². The van der Waals surface area contributed by atoms with Gasteiger partial charge in [0.15, 0.2) is 0 Å². The number of piperidine rings is 1. The van der Waals surface area contributed by atoms with Crippen LogP contribution in [-0.4, -0.2) is 60.3 Å². The number of rotatable bonds is 2. The van der Waals surface area contributed by atoms with Gasteiger partial charge in [-0.1, -0.05) is 6.07 Å². The van der Waals surface area contributed by atoms with Crippen molar-refractivity contribution in [2.24, 2.45) is 0 Å². The van der Waals surface area contributed by atoms with Crippen molar-refractivity contribution in [3.05, 3.63) is 24.4 Å². The summed E-state index contributed by atoms with van der Waals surface area (Å²) in [5.41, 5.74) is -0.275. The molecule has 1 spiro atoms. The maximum atomic E-state index is 12.3. The van der Waals surface area contributed by atoms with Gasteiger partial charge in [0.25, 0.3) is 0 Å². The van der Waals surface area contributed by atoms with Crippen LogP contribution in [0.25, 0.3) is 0 Å². The van der Waals surface area contributed by atoms with Gasteiger partial charge in [-0.15, -0.1) is 0 Å². The quantitative estimate of drug-likeness (QED) is 0.904. The first-order valence-corrected chi connectivity index (χ1v) is 8.43. The summed E-state index contributed by atoms with van der Waals surface area (Å²) in [5.74, 6) is 0.985. The third-order valence-corrected chi connectivity index (χ3v) is 4.46. The number of hydrogen-bond acceptors (Lipinski definition) is 4. The van der Waals surface area contributed by atoms with Gasteiger partial charge in [-0.2, -0.15) is 0 Å². The van der Waals surface area contributed by atoms with Crippen molar-refractivity contribution in [2.75, 3.05) is 37.7 Å². The zero-order valence-corrected chi connectivity index (χ0v) is 14.0. The van der Waals surface area contributed by atoms with Crippen LogP contribution >= 0.6 is 0 Å². The van der Waals surface area contributed by atoms with E-state index < -0.39 is 0 Å². The van der Waals surface area contributed by atoms with E-state index in [1.807, 2.05) is 43.1 Å². The number of hydrogen-bond donors (Lipinski definition) is 1. The van der Waals surface area contributed by atoms with E-state index in [0.717, 1.165) is 31.7 Å². The van der Waals surface area contributed by atoms with Crippen molar-refractivity contribution in [2.45, 2.75) is 38.3 Å². The van der Waals surface area contributed by atoms with Gasteiger partial charge in [0.1, 0.15) is 11.4 Å². The van der Waals surface area contributed by atoms with Crippen LogP contribution in [0.2, 0.25) is 0 Å². The Kier molecular flexibility index (Phi) is 4.71. The third-order valence-electron chi connectivity index (χ3n) is 4.46. The largest absolute Gasteiger partial charge is 0.369 e. The Morgan fingerprint density at radius 3 is 2.96 bits per heavy atom. The van der Waals surface area contributed by atoms with Gasteiger partial charge in [0, 0.05) is 25.3 Å². The first-order chi connectivity index (χ1) is 11.1. The van der Waals surface area contributed by atoms with Gasteiger partial charge in [-0.3, -0.25) is 0 Å². The fourth-order valence-electron chi connectivity index (χ4n) is 3.44. The topological polar surface area (TPSA) is 57.7 Å². The number of nitrogens with one attached hydrogen (secondary N) is 1. The number of carbonyl (C=O) groups excluding carboxylic acids is 1. The number of nitrogens with zero attached hydrogens (tertiary/aromatic N) is 3. The van der Waals surface area contributed by atoms with Gasteiger partial charge >= 0.3 is 6.03 Å². The minimum Gasteiger partial charge on any atom is -0.369 e. The van der Waals surface area contributed by atoms with E-state index in [4.69, 9.17) is 4.74 Å². The molecule has 2 saturated heterocycles. The van der Waals surface area contributed by atoms with E-state index in [1.165, 1.54) is 0 Å². The zero-order valence-electron chi connectivity index (χ0n) is 14.0. The van der Waals surface area contributed by atoms with Crippen molar-refractivity contribution < 1.29 is 9.53 Å². The van der Waals surface area contributed by atoms with E-state index in [9.17, 15) is 4.79 Å². The number of urea groups is 1. The molecule has 0 aliphatic carbocycles. The predicted molar refractivity (Wildman–Crippen MR) is 89.6 cm³/mol. The van der Waals surface area contributed by atoms with Crippen LogP contribution in [0.3, 0.4) is 0 Å². The average molecular weight is 318 g/mol. The second-order valence-corrected chi connectivity index (χ2v) is 6.77. The first kappa shape index (κ1) is 16.1. The number of pyridine rings is 1. The molecule has 1 atom stereocenters. The Labute approximate surface area is 137 Å². The number of anilines is 1. The summed E-state index contributed by atoms with van der Waals surface area (Å²) in [5, 5.41) is 2.98. The number of aromatic nitrogens is 1. The zero-order chi connectivity index (χ0) is 16.3. The molecule has 0 aromatic carbocycles. The minimum atomic E-state index is -0.275. The van der Waals surface area contributed by atoms with Crippen molar-refractivity contribution in [1.29, 1.82) is 0 Å². The normalized spacial score (nSPS) is 25.0. The maximum absolute atomic E-state index is 12.3. The number of carbonyl (C=O) groups is 1. The Morgan fingerprint density at radius 1 is 1.35 bits per heavy atom. The lowest BCUT2D eigenvalue weighted by molar-refractivity contribution is -0.103. The number of morpholine rings is 1. The summed E-state index contributed by atoms with van der Waals surface area (Å²) in [6.45, 7) is 7.64. The molecule has 1 unspecified atom stereocenters. The average Bonchev–Trinajstić information content (AvgIpc) is 2.55. The van der Waals surface area contributed by atoms with Crippen molar-refractivity contribution in [3.63, 3.8) is 0 Å². The van der Waals surface area contributed by atoms with E-state index >= 15 is 0 Å². The van der Waals surface area contributed by atoms with Crippen LogP contribution in [0.1, 0.15) is 26.7 Å². The van der Waals surface area contributed by atoms with Gasteiger partial charge < -0.3 is 19.9 Å². The third kappa shape index (κ3) is 3.75. The first-order valence-electron chi connectivity index (χ1n) is 8.43. The second kappa shape index (κ2) is 6.74. The SMILES string of the molecule is CC(C)NC(=O)N1CCOC2(CCCN(c3ccccn3)C2)C1. The van der Waals surface area contributed by atoms with Crippen LogP contribution < -0.4 is 10.2 Å². The Balaban J connectivity index is 1.69. The van der Waals surface area contributed by atoms with Gasteiger partial charge in [-0.05, 0) is 38.8 Å². The van der Waals surface area contributed by atoms with Gasteiger partial charge in [0.05, 0.1) is 19.7 Å². The molecule has 2 aliphatic heterocycles. The highest BCUT2D eigenvalue weighted by Gasteiger charge is 2.42. The summed E-state index contributed by atoms with van der Waals surface area (Å²) in [6, 6.07) is 6.13. The fourth-order valence-corrected chi connectivity index (χ4v) is 3.44. The fraction of sp³-hybridized carbons (Fsp3) is 0.647. The predicted octanol–water partition coefficient (Wildman–Crippen LogP) is 1.87. The lowest BCUT2D eigenvalue weighted by Gasteiger charge is -2.48. The maximum Gasteiger partial charge on any atom is 0.317 e. The Hall–Kier alpha value is -1.82. The van der Waals surface area contributed by atoms with Crippen molar-refractivity contribution in [1.82, 2.24) is 15.2 Å². The summed E-state index contributed by atoms with van der Waals surface area (Å²) in [6.07, 6.45) is 3.86. The Morgan fingerprint density at radius 2 is 2.22 bits per heavy atom. The lowest BCUT2D eigenvalue weighted by atomic mass is 9.90. The summed E-state index contributed by atoms with van der Waals surface area (Å²) < 4.78 is 6.15. The van der Waals surface area contributed by atoms with E-state index in [2.05, 4.69) is 15.2 Å². The summed E-state index contributed by atoms with van der Waals surface area (Å²) in [7, 11) is 0. The molecule has 2 fully saturated rings. The molecule has 1 aromatic heterocycles. The molecule has 126 valence electrons. The van der Waals surface area contributed by atoms with Crippen LogP contribution in [0.5, 0.6) is 0 Å². The second-order valence-electron chi connectivity index (χ2n) is 6.77.